The Morgan fingerprint density at radius 3 is 3.00 bits per heavy atom. The molecule has 0 aliphatic heterocycles. The first-order valence-corrected chi connectivity index (χ1v) is 6.37. The number of nitrogens with one attached hydrogen (secondary N) is 1. The smallest absolute Gasteiger partial charge is 0.220 e. The molecule has 0 radical (unpaired) electrons. The van der Waals surface area contributed by atoms with E-state index in [1.165, 1.54) is 0 Å². The third-order valence-electron chi connectivity index (χ3n) is 2.08. The Morgan fingerprint density at radius 1 is 1.60 bits per heavy atom. The highest BCUT2D eigenvalue weighted by molar-refractivity contribution is 7.09. The zero-order valence-electron chi connectivity index (χ0n) is 8.75. The second kappa shape index (κ2) is 6.80. The molecular weight excluding hydrogens is 232 g/mol. The largest absolute Gasteiger partial charge is 0.351 e. The molecule has 1 rings (SSSR count). The van der Waals surface area contributed by atoms with Crippen molar-refractivity contribution in [1.82, 2.24) is 10.3 Å². The number of amides is 1. The van der Waals surface area contributed by atoms with Crippen LogP contribution >= 0.6 is 22.9 Å². The molecule has 1 heterocycles. The fourth-order valence-corrected chi connectivity index (χ4v) is 2.05. The molecule has 1 aromatic heterocycles. The minimum atomic E-state index is 0.0907. The summed E-state index contributed by atoms with van der Waals surface area (Å²) in [5, 5.41) is 2.87. The quantitative estimate of drug-likeness (QED) is 0.619. The number of halogens is 1. The van der Waals surface area contributed by atoms with Gasteiger partial charge in [-0.2, -0.15) is 0 Å². The fourth-order valence-electron chi connectivity index (χ4n) is 1.14. The number of carbonyl (C=O) groups excluding carboxylic acids is 1. The number of thiazole rings is 1. The number of rotatable bonds is 6. The molecule has 0 aromatic carbocycles. The first-order valence-electron chi connectivity index (χ1n) is 4.95. The Kier molecular flexibility index (Phi) is 5.65. The highest BCUT2D eigenvalue weighted by Gasteiger charge is 2.04. The topological polar surface area (TPSA) is 42.0 Å². The van der Waals surface area contributed by atoms with Gasteiger partial charge >= 0.3 is 0 Å². The van der Waals surface area contributed by atoms with Crippen molar-refractivity contribution >= 4 is 28.8 Å². The van der Waals surface area contributed by atoms with Gasteiger partial charge in [-0.1, -0.05) is 0 Å². The second-order valence-corrected chi connectivity index (χ2v) is 4.60. The standard InChI is InChI=1S/C10H15ClN2OS/c1-8-9(15-7-13-8)6-12-10(14)4-2-3-5-11/h7H,2-6H2,1H3,(H,12,14). The van der Waals surface area contributed by atoms with Gasteiger partial charge in [0.1, 0.15) is 0 Å². The molecule has 84 valence electrons. The molecule has 1 amide bonds. The molecule has 1 aromatic rings. The van der Waals surface area contributed by atoms with Crippen LogP contribution in [0.2, 0.25) is 0 Å². The summed E-state index contributed by atoms with van der Waals surface area (Å²) in [6.07, 6.45) is 2.32. The number of alkyl halides is 1. The van der Waals surface area contributed by atoms with Crippen LogP contribution in [0.3, 0.4) is 0 Å². The molecule has 5 heteroatoms. The maximum atomic E-state index is 11.4. The van der Waals surface area contributed by atoms with Crippen LogP contribution in [0.15, 0.2) is 5.51 Å². The number of aryl methyl sites for hydroxylation is 1. The highest BCUT2D eigenvalue weighted by Crippen LogP contribution is 2.11. The van der Waals surface area contributed by atoms with Gasteiger partial charge in [0.2, 0.25) is 5.91 Å². The van der Waals surface area contributed by atoms with E-state index in [0.29, 0.717) is 18.8 Å². The van der Waals surface area contributed by atoms with Gasteiger partial charge in [-0.3, -0.25) is 4.79 Å². The van der Waals surface area contributed by atoms with Crippen molar-refractivity contribution in [1.29, 1.82) is 0 Å². The van der Waals surface area contributed by atoms with Crippen LogP contribution in [-0.2, 0) is 11.3 Å². The van der Waals surface area contributed by atoms with Crippen molar-refractivity contribution in [3.63, 3.8) is 0 Å². The molecule has 0 bridgehead atoms. The predicted octanol–water partition coefficient (Wildman–Crippen LogP) is 2.48. The van der Waals surface area contributed by atoms with E-state index in [1.807, 2.05) is 6.92 Å². The van der Waals surface area contributed by atoms with Crippen molar-refractivity contribution in [2.45, 2.75) is 32.7 Å². The number of nitrogens with zero attached hydrogens (tertiary/aromatic N) is 1. The molecule has 0 fully saturated rings. The zero-order valence-corrected chi connectivity index (χ0v) is 10.3. The SMILES string of the molecule is Cc1ncsc1CNC(=O)CCCCCl. The van der Waals surface area contributed by atoms with Gasteiger partial charge in [-0.25, -0.2) is 4.98 Å². The Morgan fingerprint density at radius 2 is 2.40 bits per heavy atom. The lowest BCUT2D eigenvalue weighted by atomic mass is 10.2. The lowest BCUT2D eigenvalue weighted by Gasteiger charge is -2.03. The number of carbonyl (C=O) groups is 1. The summed E-state index contributed by atoms with van der Waals surface area (Å²) in [6, 6.07) is 0. The molecule has 0 aliphatic carbocycles. The fraction of sp³-hybridized carbons (Fsp3) is 0.600. The predicted molar refractivity (Wildman–Crippen MR) is 63.3 cm³/mol. The van der Waals surface area contributed by atoms with Gasteiger partial charge in [0.15, 0.2) is 0 Å². The third-order valence-corrected chi connectivity index (χ3v) is 3.28. The van der Waals surface area contributed by atoms with Crippen LogP contribution in [0.4, 0.5) is 0 Å². The van der Waals surface area contributed by atoms with E-state index in [4.69, 9.17) is 11.6 Å². The minimum absolute atomic E-state index is 0.0907. The molecule has 0 unspecified atom stereocenters. The highest BCUT2D eigenvalue weighted by atomic mass is 35.5. The van der Waals surface area contributed by atoms with Crippen molar-refractivity contribution in [3.8, 4) is 0 Å². The van der Waals surface area contributed by atoms with Crippen molar-refractivity contribution in [3.05, 3.63) is 16.1 Å². The van der Waals surface area contributed by atoms with Gasteiger partial charge in [-0.15, -0.1) is 22.9 Å². The monoisotopic (exact) mass is 246 g/mol. The first-order chi connectivity index (χ1) is 7.24. The minimum Gasteiger partial charge on any atom is -0.351 e. The van der Waals surface area contributed by atoms with Crippen molar-refractivity contribution in [2.75, 3.05) is 5.88 Å². The Bertz CT molecular complexity index is 314. The summed E-state index contributed by atoms with van der Waals surface area (Å²) in [5.41, 5.74) is 2.80. The van der Waals surface area contributed by atoms with E-state index in [9.17, 15) is 4.79 Å². The lowest BCUT2D eigenvalue weighted by molar-refractivity contribution is -0.121. The van der Waals surface area contributed by atoms with Gasteiger partial charge in [0.05, 0.1) is 17.7 Å². The molecule has 15 heavy (non-hydrogen) atoms. The van der Waals surface area contributed by atoms with Crippen LogP contribution in [0.5, 0.6) is 0 Å². The molecule has 0 saturated carbocycles. The zero-order chi connectivity index (χ0) is 11.1. The molecule has 0 aliphatic rings. The third kappa shape index (κ3) is 4.62. The van der Waals surface area contributed by atoms with E-state index >= 15 is 0 Å². The number of hydrogen-bond donors (Lipinski definition) is 1. The summed E-state index contributed by atoms with van der Waals surface area (Å²) in [6.45, 7) is 2.54. The van der Waals surface area contributed by atoms with Gasteiger partial charge in [0.25, 0.3) is 0 Å². The Labute approximate surface area is 98.9 Å². The van der Waals surface area contributed by atoms with Crippen LogP contribution in [0, 0.1) is 6.92 Å². The summed E-state index contributed by atoms with van der Waals surface area (Å²) in [5.74, 6) is 0.717. The molecular formula is C10H15ClN2OS. The molecule has 0 saturated heterocycles. The summed E-state index contributed by atoms with van der Waals surface area (Å²) < 4.78 is 0. The average molecular weight is 247 g/mol. The summed E-state index contributed by atoms with van der Waals surface area (Å²) in [4.78, 5) is 16.6. The summed E-state index contributed by atoms with van der Waals surface area (Å²) >= 11 is 7.10. The number of hydrogen-bond acceptors (Lipinski definition) is 3. The maximum Gasteiger partial charge on any atom is 0.220 e. The van der Waals surface area contributed by atoms with Crippen LogP contribution < -0.4 is 5.32 Å². The van der Waals surface area contributed by atoms with E-state index in [2.05, 4.69) is 10.3 Å². The molecule has 3 nitrogen and oxygen atoms in total. The average Bonchev–Trinajstić information content (AvgIpc) is 2.61. The Hall–Kier alpha value is -0.610. The van der Waals surface area contributed by atoms with E-state index in [1.54, 1.807) is 16.8 Å². The number of unbranched alkanes of at least 4 members (excludes halogenated alkanes) is 1. The van der Waals surface area contributed by atoms with Crippen LogP contribution in [0.25, 0.3) is 0 Å². The molecule has 1 N–H and O–H groups in total. The molecule has 0 spiro atoms. The van der Waals surface area contributed by atoms with Crippen molar-refractivity contribution < 1.29 is 4.79 Å². The van der Waals surface area contributed by atoms with Crippen LogP contribution in [0.1, 0.15) is 29.8 Å². The van der Waals surface area contributed by atoms with Crippen LogP contribution in [-0.4, -0.2) is 16.8 Å². The van der Waals surface area contributed by atoms with Crippen molar-refractivity contribution in [2.24, 2.45) is 0 Å². The second-order valence-electron chi connectivity index (χ2n) is 3.28. The number of aromatic nitrogens is 1. The van der Waals surface area contributed by atoms with E-state index in [-0.39, 0.29) is 5.91 Å². The van der Waals surface area contributed by atoms with E-state index < -0.39 is 0 Å². The van der Waals surface area contributed by atoms with Gasteiger partial charge in [-0.05, 0) is 19.8 Å². The van der Waals surface area contributed by atoms with Gasteiger partial charge < -0.3 is 5.32 Å². The maximum absolute atomic E-state index is 11.4. The first kappa shape index (κ1) is 12.5. The van der Waals surface area contributed by atoms with Gasteiger partial charge in [0, 0.05) is 17.2 Å². The lowest BCUT2D eigenvalue weighted by Crippen LogP contribution is -2.22. The Balaban J connectivity index is 2.20. The normalized spacial score (nSPS) is 10.3. The molecule has 0 atom stereocenters. The summed E-state index contributed by atoms with van der Waals surface area (Å²) in [7, 11) is 0. The van der Waals surface area contributed by atoms with E-state index in [0.717, 1.165) is 23.4 Å².